The maximum atomic E-state index is 12.9. The van der Waals surface area contributed by atoms with Crippen molar-refractivity contribution in [3.05, 3.63) is 16.5 Å². The predicted molar refractivity (Wildman–Crippen MR) is 98.3 cm³/mol. The van der Waals surface area contributed by atoms with E-state index in [0.717, 1.165) is 37.0 Å². The van der Waals surface area contributed by atoms with E-state index in [0.29, 0.717) is 10.6 Å². The van der Waals surface area contributed by atoms with Crippen LogP contribution in [0.4, 0.5) is 5.00 Å². The first-order valence-corrected chi connectivity index (χ1v) is 10.1. The molecule has 0 aliphatic heterocycles. The van der Waals surface area contributed by atoms with Gasteiger partial charge in [0.05, 0.1) is 24.0 Å². The third-order valence-corrected chi connectivity index (χ3v) is 6.63. The highest BCUT2D eigenvalue weighted by Crippen LogP contribution is 2.52. The van der Waals surface area contributed by atoms with Crippen molar-refractivity contribution in [1.29, 1.82) is 0 Å². The highest BCUT2D eigenvalue weighted by molar-refractivity contribution is 7.16. The number of anilines is 1. The number of hydrogen-bond acceptors (Lipinski definition) is 5. The highest BCUT2D eigenvalue weighted by atomic mass is 32.1. The van der Waals surface area contributed by atoms with Gasteiger partial charge in [-0.1, -0.05) is 13.3 Å². The van der Waals surface area contributed by atoms with Gasteiger partial charge in [-0.05, 0) is 50.5 Å². The lowest BCUT2D eigenvalue weighted by molar-refractivity contribution is -0.148. The van der Waals surface area contributed by atoms with Gasteiger partial charge in [0.25, 0.3) is 0 Å². The van der Waals surface area contributed by atoms with Crippen molar-refractivity contribution in [2.45, 2.75) is 46.0 Å². The van der Waals surface area contributed by atoms with Crippen LogP contribution in [-0.2, 0) is 20.7 Å². The Labute approximate surface area is 156 Å². The quantitative estimate of drug-likeness (QED) is 0.707. The number of ether oxygens (including phenoxy) is 1. The van der Waals surface area contributed by atoms with Crippen LogP contribution in [0.15, 0.2) is 6.07 Å². The van der Waals surface area contributed by atoms with Crippen molar-refractivity contribution in [3.8, 4) is 0 Å². The smallest absolute Gasteiger partial charge is 0.341 e. The molecule has 1 aromatic rings. The van der Waals surface area contributed by atoms with Gasteiger partial charge < -0.3 is 15.2 Å². The molecule has 7 heteroatoms. The van der Waals surface area contributed by atoms with Crippen molar-refractivity contribution in [2.75, 3.05) is 11.9 Å². The van der Waals surface area contributed by atoms with Crippen LogP contribution in [0.1, 0.15) is 54.8 Å². The maximum absolute atomic E-state index is 12.9. The summed E-state index contributed by atoms with van der Waals surface area (Å²) in [5.74, 6) is -2.53. The summed E-state index contributed by atoms with van der Waals surface area (Å²) in [6.07, 6.45) is 4.36. The Balaban J connectivity index is 1.82. The molecule has 0 spiro atoms. The van der Waals surface area contributed by atoms with Gasteiger partial charge >= 0.3 is 11.9 Å². The SMILES string of the molecule is CCCc1cc(C(=O)OCC)c(NC(=O)[C@H]2[C@@H]3CC[C@@H](C3)[C@@H]2C(=O)O)s1. The lowest BCUT2D eigenvalue weighted by Gasteiger charge is -2.26. The molecule has 1 amide bonds. The number of rotatable bonds is 7. The minimum atomic E-state index is -0.888. The third-order valence-electron chi connectivity index (χ3n) is 5.52. The van der Waals surface area contributed by atoms with Crippen LogP contribution in [0.3, 0.4) is 0 Å². The number of amides is 1. The Morgan fingerprint density at radius 1 is 1.23 bits per heavy atom. The van der Waals surface area contributed by atoms with Crippen molar-refractivity contribution in [1.82, 2.24) is 0 Å². The molecular weight excluding hydrogens is 354 g/mol. The van der Waals surface area contributed by atoms with Crippen molar-refractivity contribution in [2.24, 2.45) is 23.7 Å². The second-order valence-electron chi connectivity index (χ2n) is 7.14. The third kappa shape index (κ3) is 3.49. The standard InChI is InChI=1S/C19H25NO5S/c1-3-5-12-9-13(19(24)25-4-2)17(26-12)20-16(21)14-10-6-7-11(8-10)15(14)18(22)23/h9-11,14-15H,3-8H2,1-2H3,(H,20,21)(H,22,23)/t10-,11+,14+,15+/m1/s1. The molecule has 1 heterocycles. The summed E-state index contributed by atoms with van der Waals surface area (Å²) in [5.41, 5.74) is 0.365. The van der Waals surface area contributed by atoms with Crippen LogP contribution >= 0.6 is 11.3 Å². The Kier molecular flexibility index (Phi) is 5.65. The normalized spacial score (nSPS) is 26.7. The number of fused-ring (bicyclic) bond motifs is 2. The topological polar surface area (TPSA) is 92.7 Å². The summed E-state index contributed by atoms with van der Waals surface area (Å²) in [6.45, 7) is 4.05. The first-order valence-electron chi connectivity index (χ1n) is 9.29. The fourth-order valence-corrected chi connectivity index (χ4v) is 5.63. The van der Waals surface area contributed by atoms with Gasteiger partial charge in [0.2, 0.25) is 5.91 Å². The molecule has 2 bridgehead atoms. The number of carbonyl (C=O) groups excluding carboxylic acids is 2. The molecular formula is C19H25NO5S. The second kappa shape index (κ2) is 7.78. The Morgan fingerprint density at radius 3 is 2.54 bits per heavy atom. The van der Waals surface area contributed by atoms with Crippen LogP contribution in [0.2, 0.25) is 0 Å². The average molecular weight is 379 g/mol. The molecule has 4 atom stereocenters. The molecule has 1 aromatic heterocycles. The Hall–Kier alpha value is -1.89. The lowest BCUT2D eigenvalue weighted by Crippen LogP contribution is -2.37. The molecule has 2 aliphatic rings. The summed E-state index contributed by atoms with van der Waals surface area (Å²) in [5, 5.41) is 12.9. The summed E-state index contributed by atoms with van der Waals surface area (Å²) < 4.78 is 5.10. The zero-order valence-electron chi connectivity index (χ0n) is 15.1. The van der Waals surface area contributed by atoms with E-state index < -0.39 is 23.8 Å². The molecule has 2 aliphatic carbocycles. The predicted octanol–water partition coefficient (Wildman–Crippen LogP) is 3.56. The summed E-state index contributed by atoms with van der Waals surface area (Å²) in [7, 11) is 0. The van der Waals surface area contributed by atoms with Gasteiger partial charge in [-0.3, -0.25) is 9.59 Å². The zero-order chi connectivity index (χ0) is 18.8. The van der Waals surface area contributed by atoms with Crippen molar-refractivity contribution < 1.29 is 24.2 Å². The molecule has 2 N–H and O–H groups in total. The fraction of sp³-hybridized carbons (Fsp3) is 0.632. The average Bonchev–Trinajstić information content (AvgIpc) is 3.29. The largest absolute Gasteiger partial charge is 0.481 e. The maximum Gasteiger partial charge on any atom is 0.341 e. The number of carboxylic acids is 1. The van der Waals surface area contributed by atoms with E-state index in [4.69, 9.17) is 4.74 Å². The van der Waals surface area contributed by atoms with E-state index in [1.54, 1.807) is 13.0 Å². The number of aryl methyl sites for hydroxylation is 1. The summed E-state index contributed by atoms with van der Waals surface area (Å²) in [6, 6.07) is 1.78. The van der Waals surface area contributed by atoms with E-state index in [9.17, 15) is 19.5 Å². The molecule has 2 saturated carbocycles. The van der Waals surface area contributed by atoms with Crippen molar-refractivity contribution in [3.63, 3.8) is 0 Å². The van der Waals surface area contributed by atoms with Crippen LogP contribution in [0.25, 0.3) is 0 Å². The molecule has 0 aromatic carbocycles. The van der Waals surface area contributed by atoms with E-state index >= 15 is 0 Å². The number of hydrogen-bond donors (Lipinski definition) is 2. The molecule has 142 valence electrons. The van der Waals surface area contributed by atoms with E-state index in [-0.39, 0.29) is 24.3 Å². The van der Waals surface area contributed by atoms with Crippen molar-refractivity contribution >= 4 is 34.2 Å². The van der Waals surface area contributed by atoms with Gasteiger partial charge in [0.1, 0.15) is 5.00 Å². The van der Waals surface area contributed by atoms with E-state index in [1.165, 1.54) is 11.3 Å². The first kappa shape index (κ1) is 18.9. The van der Waals surface area contributed by atoms with Crippen LogP contribution in [0.5, 0.6) is 0 Å². The molecule has 2 fully saturated rings. The number of carbonyl (C=O) groups is 3. The second-order valence-corrected chi connectivity index (χ2v) is 8.27. The number of aliphatic carboxylic acids is 1. The number of carboxylic acid groups (broad SMARTS) is 1. The van der Waals surface area contributed by atoms with Crippen LogP contribution in [0, 0.1) is 23.7 Å². The molecule has 0 radical (unpaired) electrons. The molecule has 26 heavy (non-hydrogen) atoms. The van der Waals surface area contributed by atoms with Gasteiger partial charge in [0, 0.05) is 4.88 Å². The lowest BCUT2D eigenvalue weighted by atomic mass is 9.79. The molecule has 0 unspecified atom stereocenters. The van der Waals surface area contributed by atoms with Gasteiger partial charge in [0.15, 0.2) is 0 Å². The summed E-state index contributed by atoms with van der Waals surface area (Å²) >= 11 is 1.37. The monoisotopic (exact) mass is 379 g/mol. The number of esters is 1. The minimum Gasteiger partial charge on any atom is -0.481 e. The minimum absolute atomic E-state index is 0.0942. The van der Waals surface area contributed by atoms with E-state index in [2.05, 4.69) is 12.2 Å². The Morgan fingerprint density at radius 2 is 1.92 bits per heavy atom. The fourth-order valence-electron chi connectivity index (χ4n) is 4.48. The Bertz CT molecular complexity index is 713. The van der Waals surface area contributed by atoms with Crippen LogP contribution in [-0.4, -0.2) is 29.6 Å². The van der Waals surface area contributed by atoms with Gasteiger partial charge in [-0.2, -0.15) is 0 Å². The van der Waals surface area contributed by atoms with Crippen LogP contribution < -0.4 is 5.32 Å². The highest BCUT2D eigenvalue weighted by Gasteiger charge is 2.54. The van der Waals surface area contributed by atoms with Gasteiger partial charge in [-0.15, -0.1) is 11.3 Å². The zero-order valence-corrected chi connectivity index (χ0v) is 15.9. The first-order chi connectivity index (χ1) is 12.5. The molecule has 0 saturated heterocycles. The number of nitrogens with one attached hydrogen (secondary N) is 1. The summed E-state index contributed by atoms with van der Waals surface area (Å²) in [4.78, 5) is 37.8. The number of thiophene rings is 1. The molecule has 3 rings (SSSR count). The van der Waals surface area contributed by atoms with Gasteiger partial charge in [-0.25, -0.2) is 4.79 Å². The van der Waals surface area contributed by atoms with E-state index in [1.807, 2.05) is 0 Å². The molecule has 6 nitrogen and oxygen atoms in total.